The quantitative estimate of drug-likeness (QED) is 0.321. The zero-order valence-electron chi connectivity index (χ0n) is 27.3. The first-order chi connectivity index (χ1) is 19.4. The molecule has 0 aromatic heterocycles. The normalized spacial score (nSPS) is 26.5. The Morgan fingerprint density at radius 1 is 0.512 bits per heavy atom. The van der Waals surface area contributed by atoms with Crippen LogP contribution in [-0.4, -0.2) is 8.07 Å². The Morgan fingerprint density at radius 3 is 1.24 bits per heavy atom. The fourth-order valence-electron chi connectivity index (χ4n) is 11.4. The van der Waals surface area contributed by atoms with Gasteiger partial charge in [0.25, 0.3) is 0 Å². The molecule has 2 aromatic rings. The standard InChI is InChI=1S/C40H52Si/c1-23-17-29-25-13-9-11-15-27(25)31-19-39(3,4)21-33(31)35(29)37(23)41(7,8)38-24(2)18-30-26-14-10-12-16-28(26)32-20-40(5,6)22-34(32)36(30)38/h17-18,37-38H,9-16,19-22H2,1-8H3. The molecule has 0 saturated heterocycles. The minimum Gasteiger partial charge on any atom is -0.0679 e. The average molecular weight is 561 g/mol. The van der Waals surface area contributed by atoms with E-state index in [1.165, 1.54) is 77.0 Å². The molecule has 2 atom stereocenters. The van der Waals surface area contributed by atoms with Crippen LogP contribution in [0.15, 0.2) is 11.1 Å². The Balaban J connectivity index is 1.33. The summed E-state index contributed by atoms with van der Waals surface area (Å²) >= 11 is 0. The van der Waals surface area contributed by atoms with Crippen LogP contribution in [0.1, 0.15) is 145 Å². The highest BCUT2D eigenvalue weighted by Gasteiger charge is 2.51. The predicted molar refractivity (Wildman–Crippen MR) is 179 cm³/mol. The van der Waals surface area contributed by atoms with E-state index in [4.69, 9.17) is 0 Å². The number of hydrogen-bond donors (Lipinski definition) is 0. The molecule has 0 amide bonds. The maximum atomic E-state index is 2.80. The van der Waals surface area contributed by atoms with Crippen LogP contribution >= 0.6 is 0 Å². The molecule has 2 aromatic carbocycles. The minimum absolute atomic E-state index is 0.399. The maximum Gasteiger partial charge on any atom is 0.0722 e. The molecule has 0 radical (unpaired) electrons. The molecule has 1 heteroatoms. The molecule has 2 unspecified atom stereocenters. The molecule has 41 heavy (non-hydrogen) atoms. The van der Waals surface area contributed by atoms with Gasteiger partial charge >= 0.3 is 0 Å². The second-order valence-corrected chi connectivity index (χ2v) is 22.2. The zero-order valence-corrected chi connectivity index (χ0v) is 28.3. The summed E-state index contributed by atoms with van der Waals surface area (Å²) in [6, 6.07) is 0. The molecule has 0 saturated carbocycles. The third-order valence-corrected chi connectivity index (χ3v) is 17.1. The van der Waals surface area contributed by atoms with E-state index in [0.717, 1.165) is 0 Å². The van der Waals surface area contributed by atoms with E-state index in [1.807, 2.05) is 11.1 Å². The summed E-state index contributed by atoms with van der Waals surface area (Å²) in [6.45, 7) is 20.8. The number of hydrogen-bond acceptors (Lipinski definition) is 0. The Morgan fingerprint density at radius 2 is 0.854 bits per heavy atom. The van der Waals surface area contributed by atoms with Crippen molar-refractivity contribution in [2.45, 2.75) is 143 Å². The minimum atomic E-state index is -1.87. The van der Waals surface area contributed by atoms with Gasteiger partial charge in [-0.3, -0.25) is 0 Å². The summed E-state index contributed by atoms with van der Waals surface area (Å²) in [7, 11) is -1.87. The van der Waals surface area contributed by atoms with Gasteiger partial charge in [-0.05, 0) is 168 Å². The van der Waals surface area contributed by atoms with E-state index in [2.05, 4.69) is 66.8 Å². The highest BCUT2D eigenvalue weighted by Crippen LogP contribution is 2.59. The molecule has 0 N–H and O–H groups in total. The number of allylic oxidation sites excluding steroid dienone is 2. The Kier molecular flexibility index (Phi) is 5.62. The summed E-state index contributed by atoms with van der Waals surface area (Å²) in [4.78, 5) is 0. The van der Waals surface area contributed by atoms with Gasteiger partial charge in [-0.25, -0.2) is 0 Å². The molecular weight excluding hydrogens is 509 g/mol. The van der Waals surface area contributed by atoms with Gasteiger partial charge in [0.1, 0.15) is 0 Å². The van der Waals surface area contributed by atoms with Crippen LogP contribution in [0.3, 0.4) is 0 Å². The van der Waals surface area contributed by atoms with E-state index < -0.39 is 8.07 Å². The molecule has 0 aliphatic heterocycles. The van der Waals surface area contributed by atoms with Crippen molar-refractivity contribution < 1.29 is 0 Å². The van der Waals surface area contributed by atoms with Crippen LogP contribution in [0.5, 0.6) is 0 Å². The van der Waals surface area contributed by atoms with Crippen molar-refractivity contribution in [1.29, 1.82) is 0 Å². The van der Waals surface area contributed by atoms with Crippen molar-refractivity contribution in [3.8, 4) is 0 Å². The van der Waals surface area contributed by atoms with Crippen molar-refractivity contribution in [1.82, 2.24) is 0 Å². The molecule has 6 aliphatic carbocycles. The highest BCUT2D eigenvalue weighted by molar-refractivity contribution is 6.81. The third-order valence-electron chi connectivity index (χ3n) is 12.6. The van der Waals surface area contributed by atoms with Crippen molar-refractivity contribution in [2.24, 2.45) is 10.8 Å². The van der Waals surface area contributed by atoms with E-state index in [-0.39, 0.29) is 0 Å². The van der Waals surface area contributed by atoms with E-state index in [0.29, 0.717) is 21.9 Å². The molecule has 8 rings (SSSR count). The van der Waals surface area contributed by atoms with Crippen molar-refractivity contribution >= 4 is 20.2 Å². The zero-order chi connectivity index (χ0) is 28.6. The van der Waals surface area contributed by atoms with Gasteiger partial charge in [0.15, 0.2) is 0 Å². The van der Waals surface area contributed by atoms with Gasteiger partial charge in [0.05, 0.1) is 8.07 Å². The lowest BCUT2D eigenvalue weighted by Gasteiger charge is -2.41. The first kappa shape index (κ1) is 26.7. The van der Waals surface area contributed by atoms with Gasteiger partial charge in [-0.15, -0.1) is 0 Å². The topological polar surface area (TPSA) is 0 Å². The lowest BCUT2D eigenvalue weighted by molar-refractivity contribution is 0.391. The molecular formula is C40H52Si. The van der Waals surface area contributed by atoms with E-state index in [9.17, 15) is 0 Å². The number of benzene rings is 2. The molecule has 216 valence electrons. The van der Waals surface area contributed by atoms with E-state index >= 15 is 0 Å². The van der Waals surface area contributed by atoms with Gasteiger partial charge in [-0.2, -0.15) is 0 Å². The molecule has 0 bridgehead atoms. The van der Waals surface area contributed by atoms with E-state index in [1.54, 1.807) is 66.8 Å². The average Bonchev–Trinajstić information content (AvgIpc) is 3.63. The van der Waals surface area contributed by atoms with Gasteiger partial charge in [-0.1, -0.05) is 64.1 Å². The summed E-state index contributed by atoms with van der Waals surface area (Å²) in [6.07, 6.45) is 21.4. The largest absolute Gasteiger partial charge is 0.0722 e. The number of rotatable bonds is 2. The van der Waals surface area contributed by atoms with Crippen LogP contribution in [0, 0.1) is 10.8 Å². The second-order valence-electron chi connectivity index (χ2n) is 17.4. The Labute approximate surface area is 251 Å². The lowest BCUT2D eigenvalue weighted by Crippen LogP contribution is -2.43. The van der Waals surface area contributed by atoms with Crippen LogP contribution in [0.4, 0.5) is 0 Å². The monoisotopic (exact) mass is 560 g/mol. The molecule has 0 spiro atoms. The first-order valence-electron chi connectivity index (χ1n) is 17.1. The highest BCUT2D eigenvalue weighted by atomic mass is 28.3. The molecule has 0 heterocycles. The fourth-order valence-corrected chi connectivity index (χ4v) is 16.4. The molecule has 0 fully saturated rings. The molecule has 6 aliphatic rings. The second kappa shape index (κ2) is 8.61. The Bertz CT molecular complexity index is 1470. The van der Waals surface area contributed by atoms with Crippen molar-refractivity contribution in [3.63, 3.8) is 0 Å². The van der Waals surface area contributed by atoms with Crippen LogP contribution < -0.4 is 0 Å². The van der Waals surface area contributed by atoms with Crippen LogP contribution in [0.25, 0.3) is 12.2 Å². The summed E-state index contributed by atoms with van der Waals surface area (Å²) in [5, 5.41) is 0. The lowest BCUT2D eigenvalue weighted by atomic mass is 9.81. The molecule has 0 nitrogen and oxygen atoms in total. The SMILES string of the molecule is CC1=Cc2c3c(c4c(c2C1[Si](C)(C)C1C(C)=Cc2c5c(c6c(c21)CC(C)(C)C6)CCCC5)CC(C)(C)C4)CCCC3. The van der Waals surface area contributed by atoms with Gasteiger partial charge < -0.3 is 0 Å². The summed E-state index contributed by atoms with van der Waals surface area (Å²) in [5.41, 5.74) is 26.9. The van der Waals surface area contributed by atoms with Crippen LogP contribution in [-0.2, 0) is 51.4 Å². The smallest absolute Gasteiger partial charge is 0.0679 e. The number of fused-ring (bicyclic) bond motifs is 12. The third kappa shape index (κ3) is 3.69. The summed E-state index contributed by atoms with van der Waals surface area (Å²) < 4.78 is 0. The van der Waals surface area contributed by atoms with Gasteiger partial charge in [0.2, 0.25) is 0 Å². The Hall–Kier alpha value is -1.86. The fraction of sp³-hybridized carbons (Fsp3) is 0.600. The van der Waals surface area contributed by atoms with Crippen molar-refractivity contribution in [3.05, 3.63) is 77.9 Å². The van der Waals surface area contributed by atoms with Crippen molar-refractivity contribution in [2.75, 3.05) is 0 Å². The summed E-state index contributed by atoms with van der Waals surface area (Å²) in [5.74, 6) is 0. The van der Waals surface area contributed by atoms with Gasteiger partial charge in [0, 0.05) is 11.1 Å². The predicted octanol–water partition coefficient (Wildman–Crippen LogP) is 10.2. The first-order valence-corrected chi connectivity index (χ1v) is 20.3. The maximum absolute atomic E-state index is 2.80. The van der Waals surface area contributed by atoms with Crippen LogP contribution in [0.2, 0.25) is 13.1 Å².